The van der Waals surface area contributed by atoms with E-state index < -0.39 is 5.60 Å². The third-order valence-electron chi connectivity index (χ3n) is 7.55. The number of amides is 2. The molecule has 3 heterocycles. The van der Waals surface area contributed by atoms with Crippen LogP contribution in [0.5, 0.6) is 0 Å². The molecule has 9 nitrogen and oxygen atoms in total. The van der Waals surface area contributed by atoms with Crippen LogP contribution in [0.4, 0.5) is 4.79 Å². The zero-order valence-corrected chi connectivity index (χ0v) is 23.9. The predicted molar refractivity (Wildman–Crippen MR) is 149 cm³/mol. The van der Waals surface area contributed by atoms with E-state index in [1.54, 1.807) is 11.1 Å². The number of benzene rings is 1. The highest BCUT2D eigenvalue weighted by atomic mass is 16.6. The first-order valence-electron chi connectivity index (χ1n) is 13.8. The highest BCUT2D eigenvalue weighted by molar-refractivity contribution is 5.95. The molecular formula is C29H44N6O3. The highest BCUT2D eigenvalue weighted by Crippen LogP contribution is 2.34. The first-order chi connectivity index (χ1) is 18.0. The van der Waals surface area contributed by atoms with E-state index in [9.17, 15) is 9.59 Å². The number of aryl methyl sites for hydroxylation is 2. The molecule has 0 aliphatic carbocycles. The normalized spacial score (nSPS) is 18.0. The molecule has 4 rings (SSSR count). The van der Waals surface area contributed by atoms with E-state index >= 15 is 0 Å². The molecule has 1 aromatic heterocycles. The van der Waals surface area contributed by atoms with Crippen LogP contribution in [-0.2, 0) is 4.74 Å². The van der Waals surface area contributed by atoms with Crippen molar-refractivity contribution in [3.05, 3.63) is 46.8 Å². The topological polar surface area (TPSA) is 82.9 Å². The lowest BCUT2D eigenvalue weighted by molar-refractivity contribution is 0.0203. The smallest absolute Gasteiger partial charge is 0.410 e. The van der Waals surface area contributed by atoms with Crippen LogP contribution in [0, 0.1) is 13.8 Å². The number of ether oxygens (including phenoxy) is 1. The molecule has 1 aromatic carbocycles. The average Bonchev–Trinajstić information content (AvgIpc) is 3.29. The maximum Gasteiger partial charge on any atom is 0.410 e. The Labute approximate surface area is 227 Å². The van der Waals surface area contributed by atoms with Gasteiger partial charge in [-0.15, -0.1) is 0 Å². The maximum absolute atomic E-state index is 13.5. The summed E-state index contributed by atoms with van der Waals surface area (Å²) in [4.78, 5) is 32.6. The number of para-hydroxylation sites is 1. The lowest BCUT2D eigenvalue weighted by Crippen LogP contribution is -2.47. The molecule has 0 bridgehead atoms. The van der Waals surface area contributed by atoms with Crippen molar-refractivity contribution < 1.29 is 14.3 Å². The number of carbonyl (C=O) groups excluding carboxylic acids is 2. The Hall–Kier alpha value is -2.91. The summed E-state index contributed by atoms with van der Waals surface area (Å²) in [7, 11) is 2.15. The summed E-state index contributed by atoms with van der Waals surface area (Å²) >= 11 is 0. The Morgan fingerprint density at radius 2 is 1.66 bits per heavy atom. The number of hydrogen-bond acceptors (Lipinski definition) is 6. The number of nitrogens with zero attached hydrogens (tertiary/aromatic N) is 5. The molecule has 2 amide bonds. The zero-order chi connectivity index (χ0) is 27.4. The van der Waals surface area contributed by atoms with Crippen molar-refractivity contribution in [2.75, 3.05) is 59.4 Å². The van der Waals surface area contributed by atoms with Crippen LogP contribution in [-0.4, -0.2) is 101 Å². The fraction of sp³-hybridized carbons (Fsp3) is 0.621. The van der Waals surface area contributed by atoms with Crippen LogP contribution in [0.15, 0.2) is 24.4 Å². The second-order valence-corrected chi connectivity index (χ2v) is 11.7. The van der Waals surface area contributed by atoms with Gasteiger partial charge in [0.15, 0.2) is 0 Å². The van der Waals surface area contributed by atoms with Crippen LogP contribution in [0.2, 0.25) is 0 Å². The van der Waals surface area contributed by atoms with Gasteiger partial charge < -0.3 is 19.9 Å². The second kappa shape index (κ2) is 11.9. The molecule has 2 saturated heterocycles. The molecule has 9 heteroatoms. The summed E-state index contributed by atoms with van der Waals surface area (Å²) in [6.45, 7) is 16.6. The van der Waals surface area contributed by atoms with Crippen molar-refractivity contribution in [1.82, 2.24) is 29.8 Å². The van der Waals surface area contributed by atoms with Gasteiger partial charge in [0.25, 0.3) is 5.91 Å². The Balaban J connectivity index is 1.52. The van der Waals surface area contributed by atoms with Gasteiger partial charge in [0.2, 0.25) is 0 Å². The lowest BCUT2D eigenvalue weighted by Gasteiger charge is -2.34. The number of piperidine rings is 1. The van der Waals surface area contributed by atoms with E-state index in [-0.39, 0.29) is 17.9 Å². The zero-order valence-electron chi connectivity index (χ0n) is 23.9. The van der Waals surface area contributed by atoms with Crippen molar-refractivity contribution in [1.29, 1.82) is 0 Å². The van der Waals surface area contributed by atoms with Crippen molar-refractivity contribution in [2.45, 2.75) is 59.0 Å². The summed E-state index contributed by atoms with van der Waals surface area (Å²) in [5, 5.41) is 7.90. The van der Waals surface area contributed by atoms with Gasteiger partial charge in [-0.3, -0.25) is 9.69 Å². The minimum Gasteiger partial charge on any atom is -0.444 e. The number of carbonyl (C=O) groups is 2. The van der Waals surface area contributed by atoms with Gasteiger partial charge in [0.1, 0.15) is 5.60 Å². The molecule has 2 aromatic rings. The SMILES string of the molecule is Cc1cccc(C)c1-n1ncc(C(=O)NCCN2CCN(C)CC2)c1C1CCN(C(=O)OC(C)(C)C)CC1. The largest absolute Gasteiger partial charge is 0.444 e. The molecule has 208 valence electrons. The fourth-order valence-electron chi connectivity index (χ4n) is 5.40. The first-order valence-corrected chi connectivity index (χ1v) is 13.8. The molecule has 0 spiro atoms. The van der Waals surface area contributed by atoms with Crippen LogP contribution in [0.3, 0.4) is 0 Å². The Kier molecular flexibility index (Phi) is 8.78. The Bertz CT molecular complexity index is 1100. The summed E-state index contributed by atoms with van der Waals surface area (Å²) in [5.74, 6) is 0.0229. The molecule has 0 radical (unpaired) electrons. The molecule has 2 aliphatic rings. The first kappa shape index (κ1) is 28.1. The molecule has 2 aliphatic heterocycles. The highest BCUT2D eigenvalue weighted by Gasteiger charge is 2.32. The Morgan fingerprint density at radius 3 is 2.26 bits per heavy atom. The quantitative estimate of drug-likeness (QED) is 0.622. The number of hydrogen-bond donors (Lipinski definition) is 1. The lowest BCUT2D eigenvalue weighted by atomic mass is 9.90. The molecule has 0 saturated carbocycles. The second-order valence-electron chi connectivity index (χ2n) is 11.7. The van der Waals surface area contributed by atoms with Crippen molar-refractivity contribution in [3.63, 3.8) is 0 Å². The van der Waals surface area contributed by atoms with Crippen LogP contribution < -0.4 is 5.32 Å². The number of piperazine rings is 1. The van der Waals surface area contributed by atoms with E-state index in [0.717, 1.165) is 68.1 Å². The number of aromatic nitrogens is 2. The van der Waals surface area contributed by atoms with Crippen molar-refractivity contribution in [2.24, 2.45) is 0 Å². The van der Waals surface area contributed by atoms with E-state index in [2.05, 4.69) is 48.1 Å². The molecule has 2 fully saturated rings. The molecule has 0 unspecified atom stereocenters. The van der Waals surface area contributed by atoms with Gasteiger partial charge in [-0.25, -0.2) is 9.48 Å². The number of rotatable bonds is 6. The van der Waals surface area contributed by atoms with Crippen molar-refractivity contribution in [3.8, 4) is 5.69 Å². The Morgan fingerprint density at radius 1 is 1.03 bits per heavy atom. The number of likely N-dealkylation sites (tertiary alicyclic amines) is 1. The summed E-state index contributed by atoms with van der Waals surface area (Å²) in [6, 6.07) is 6.20. The van der Waals surface area contributed by atoms with Crippen molar-refractivity contribution >= 4 is 12.0 Å². The average molecular weight is 525 g/mol. The van der Waals surface area contributed by atoms with E-state index in [1.807, 2.05) is 31.5 Å². The standard InChI is InChI=1S/C29H44N6O3/c1-21-8-7-9-22(2)25(21)35-26(23-10-13-34(14-11-23)28(37)38-29(3,4)5)24(20-31-35)27(36)30-12-15-33-18-16-32(6)17-19-33/h7-9,20,23H,10-19H2,1-6H3,(H,30,36). The van der Waals surface area contributed by atoms with Gasteiger partial charge in [-0.2, -0.15) is 5.10 Å². The van der Waals surface area contributed by atoms with Gasteiger partial charge in [-0.1, -0.05) is 18.2 Å². The maximum atomic E-state index is 13.5. The van der Waals surface area contributed by atoms with Crippen LogP contribution in [0.1, 0.15) is 66.7 Å². The third-order valence-corrected chi connectivity index (χ3v) is 7.55. The summed E-state index contributed by atoms with van der Waals surface area (Å²) in [6.07, 6.45) is 2.93. The van der Waals surface area contributed by atoms with E-state index in [4.69, 9.17) is 9.84 Å². The minimum absolute atomic E-state index is 0.0822. The van der Waals surface area contributed by atoms with Gasteiger partial charge >= 0.3 is 6.09 Å². The van der Waals surface area contributed by atoms with Crippen LogP contribution in [0.25, 0.3) is 5.69 Å². The fourth-order valence-corrected chi connectivity index (χ4v) is 5.40. The summed E-state index contributed by atoms with van der Waals surface area (Å²) < 4.78 is 7.55. The summed E-state index contributed by atoms with van der Waals surface area (Å²) in [5.41, 5.74) is 4.29. The molecule has 1 N–H and O–H groups in total. The van der Waals surface area contributed by atoms with Crippen LogP contribution >= 0.6 is 0 Å². The molecule has 38 heavy (non-hydrogen) atoms. The van der Waals surface area contributed by atoms with Gasteiger partial charge in [-0.05, 0) is 65.6 Å². The molecular weight excluding hydrogens is 480 g/mol. The van der Waals surface area contributed by atoms with Gasteiger partial charge in [0.05, 0.1) is 23.1 Å². The number of nitrogens with one attached hydrogen (secondary N) is 1. The van der Waals surface area contributed by atoms with Gasteiger partial charge in [0, 0.05) is 58.3 Å². The monoisotopic (exact) mass is 524 g/mol. The minimum atomic E-state index is -0.524. The molecule has 0 atom stereocenters. The van der Waals surface area contributed by atoms with E-state index in [1.165, 1.54) is 0 Å². The third kappa shape index (κ3) is 6.74. The van der Waals surface area contributed by atoms with E-state index in [0.29, 0.717) is 25.2 Å². The predicted octanol–water partition coefficient (Wildman–Crippen LogP) is 3.58. The number of likely N-dealkylation sites (N-methyl/N-ethyl adjacent to an activating group) is 1.